The molecule has 0 fully saturated rings. The Morgan fingerprint density at radius 1 is 1.08 bits per heavy atom. The van der Waals surface area contributed by atoms with Crippen molar-refractivity contribution in [3.8, 4) is 0 Å². The average molecular weight is 366 g/mol. The third-order valence-electron chi connectivity index (χ3n) is 3.19. The molecule has 2 aromatic rings. The molecular formula is C14H10N2O6S2. The predicted molar refractivity (Wildman–Crippen MR) is 82.4 cm³/mol. The van der Waals surface area contributed by atoms with Crippen LogP contribution in [0.5, 0.6) is 0 Å². The minimum atomic E-state index is -3.85. The standard InChI is InChI=1S/C14H10N2O6S2/c15-24(20,21)12-6-5-8(23-12)7-11(17)22-16-13(18)9-3-1-2-4-10(9)14(16)19/h1-6H,7H2,(H2,15,20,21). The number of sulfonamides is 1. The Bertz CT molecular complexity index is 928. The van der Waals surface area contributed by atoms with Gasteiger partial charge in [-0.2, -0.15) is 0 Å². The van der Waals surface area contributed by atoms with E-state index in [-0.39, 0.29) is 21.8 Å². The van der Waals surface area contributed by atoms with Crippen LogP contribution in [-0.2, 0) is 26.1 Å². The number of amides is 2. The van der Waals surface area contributed by atoms with E-state index in [1.54, 1.807) is 12.1 Å². The SMILES string of the molecule is NS(=O)(=O)c1ccc(CC(=O)ON2C(=O)c3ccccc3C2=O)s1. The summed E-state index contributed by atoms with van der Waals surface area (Å²) in [5.41, 5.74) is 0.311. The molecule has 0 saturated heterocycles. The van der Waals surface area contributed by atoms with Crippen LogP contribution in [0.1, 0.15) is 25.6 Å². The van der Waals surface area contributed by atoms with Gasteiger partial charge in [0.15, 0.2) is 0 Å². The highest BCUT2D eigenvalue weighted by molar-refractivity contribution is 7.91. The van der Waals surface area contributed by atoms with Gasteiger partial charge in [-0.3, -0.25) is 9.59 Å². The highest BCUT2D eigenvalue weighted by atomic mass is 32.2. The minimum absolute atomic E-state index is 0.0916. The maximum absolute atomic E-state index is 12.1. The van der Waals surface area contributed by atoms with E-state index in [2.05, 4.69) is 0 Å². The van der Waals surface area contributed by atoms with E-state index in [1.165, 1.54) is 24.3 Å². The summed E-state index contributed by atoms with van der Waals surface area (Å²) in [5.74, 6) is -2.31. The van der Waals surface area contributed by atoms with Crippen molar-refractivity contribution < 1.29 is 27.6 Å². The second-order valence-corrected chi connectivity index (χ2v) is 7.81. The van der Waals surface area contributed by atoms with Crippen molar-refractivity contribution in [2.24, 2.45) is 5.14 Å². The summed E-state index contributed by atoms with van der Waals surface area (Å²) < 4.78 is 22.3. The van der Waals surface area contributed by atoms with Crippen molar-refractivity contribution in [3.63, 3.8) is 0 Å². The topological polar surface area (TPSA) is 124 Å². The first-order valence-electron chi connectivity index (χ1n) is 6.57. The zero-order valence-electron chi connectivity index (χ0n) is 12.0. The smallest absolute Gasteiger partial charge is 0.329 e. The van der Waals surface area contributed by atoms with Crippen molar-refractivity contribution in [1.82, 2.24) is 5.06 Å². The number of hydrogen-bond acceptors (Lipinski definition) is 7. The van der Waals surface area contributed by atoms with Crippen LogP contribution < -0.4 is 5.14 Å². The van der Waals surface area contributed by atoms with Crippen LogP contribution in [-0.4, -0.2) is 31.3 Å². The maximum atomic E-state index is 12.1. The van der Waals surface area contributed by atoms with Crippen LogP contribution in [0.3, 0.4) is 0 Å². The van der Waals surface area contributed by atoms with Gasteiger partial charge in [0.1, 0.15) is 4.21 Å². The number of benzene rings is 1. The molecule has 0 aliphatic carbocycles. The van der Waals surface area contributed by atoms with Gasteiger partial charge in [-0.05, 0) is 24.3 Å². The van der Waals surface area contributed by atoms with Crippen LogP contribution in [0.4, 0.5) is 0 Å². The third kappa shape index (κ3) is 2.94. The van der Waals surface area contributed by atoms with Crippen molar-refractivity contribution >= 4 is 39.1 Å². The molecule has 1 aliphatic rings. The molecule has 2 heterocycles. The highest BCUT2D eigenvalue weighted by Crippen LogP contribution is 2.24. The van der Waals surface area contributed by atoms with Gasteiger partial charge in [-0.25, -0.2) is 18.4 Å². The Morgan fingerprint density at radius 2 is 1.67 bits per heavy atom. The number of rotatable bonds is 4. The number of hydrogen-bond donors (Lipinski definition) is 1. The molecule has 24 heavy (non-hydrogen) atoms. The molecule has 2 N–H and O–H groups in total. The number of nitrogens with two attached hydrogens (primary N) is 1. The molecule has 0 radical (unpaired) electrons. The average Bonchev–Trinajstić information content (AvgIpc) is 3.07. The number of primary sulfonamides is 1. The molecule has 0 saturated carbocycles. The molecule has 0 atom stereocenters. The molecule has 0 unspecified atom stereocenters. The van der Waals surface area contributed by atoms with Crippen LogP contribution in [0, 0.1) is 0 Å². The molecule has 10 heteroatoms. The molecule has 3 rings (SSSR count). The maximum Gasteiger partial charge on any atom is 0.338 e. The lowest BCUT2D eigenvalue weighted by Gasteiger charge is -2.12. The van der Waals surface area contributed by atoms with Gasteiger partial charge in [-0.15, -0.1) is 11.3 Å². The van der Waals surface area contributed by atoms with Crippen LogP contribution >= 0.6 is 11.3 Å². The lowest BCUT2D eigenvalue weighted by molar-refractivity contribution is -0.167. The Morgan fingerprint density at radius 3 is 2.17 bits per heavy atom. The summed E-state index contributed by atoms with van der Waals surface area (Å²) in [6.07, 6.45) is -0.298. The summed E-state index contributed by atoms with van der Waals surface area (Å²) in [7, 11) is -3.85. The molecule has 0 bridgehead atoms. The van der Waals surface area contributed by atoms with Gasteiger partial charge in [0.05, 0.1) is 17.5 Å². The lowest BCUT2D eigenvalue weighted by Crippen LogP contribution is -2.33. The fraction of sp³-hybridized carbons (Fsp3) is 0.0714. The number of imide groups is 1. The summed E-state index contributed by atoms with van der Waals surface area (Å²) in [4.78, 5) is 41.3. The van der Waals surface area contributed by atoms with E-state index < -0.39 is 27.8 Å². The van der Waals surface area contributed by atoms with E-state index in [0.29, 0.717) is 9.94 Å². The molecule has 1 aliphatic heterocycles. The first-order valence-corrected chi connectivity index (χ1v) is 8.94. The molecule has 0 spiro atoms. The molecule has 8 nitrogen and oxygen atoms in total. The highest BCUT2D eigenvalue weighted by Gasteiger charge is 2.38. The summed E-state index contributed by atoms with van der Waals surface area (Å²) in [6, 6.07) is 8.78. The third-order valence-corrected chi connectivity index (χ3v) is 5.71. The Balaban J connectivity index is 1.71. The van der Waals surface area contributed by atoms with Gasteiger partial charge in [0, 0.05) is 4.88 Å². The number of nitrogens with zero attached hydrogens (tertiary/aromatic N) is 1. The quantitative estimate of drug-likeness (QED) is 0.794. The van der Waals surface area contributed by atoms with Crippen molar-refractivity contribution in [1.29, 1.82) is 0 Å². The zero-order chi connectivity index (χ0) is 17.5. The second kappa shape index (κ2) is 5.82. The van der Waals surface area contributed by atoms with Crippen LogP contribution in [0.15, 0.2) is 40.6 Å². The molecule has 1 aromatic carbocycles. The van der Waals surface area contributed by atoms with Crippen molar-refractivity contribution in [2.45, 2.75) is 10.6 Å². The predicted octanol–water partition coefficient (Wildman–Crippen LogP) is 0.692. The Kier molecular flexibility index (Phi) is 3.95. The van der Waals surface area contributed by atoms with E-state index >= 15 is 0 Å². The Hall–Kier alpha value is -2.56. The molecule has 124 valence electrons. The summed E-state index contributed by atoms with van der Waals surface area (Å²) in [5, 5.41) is 5.39. The number of carbonyl (C=O) groups is 3. The molecule has 2 amide bonds. The second-order valence-electron chi connectivity index (χ2n) is 4.86. The number of carbonyl (C=O) groups excluding carboxylic acids is 3. The largest absolute Gasteiger partial charge is 0.338 e. The molecular weight excluding hydrogens is 356 g/mol. The first-order chi connectivity index (χ1) is 11.3. The fourth-order valence-corrected chi connectivity index (χ4v) is 3.90. The lowest BCUT2D eigenvalue weighted by atomic mass is 10.1. The van der Waals surface area contributed by atoms with Crippen molar-refractivity contribution in [2.75, 3.05) is 0 Å². The van der Waals surface area contributed by atoms with Crippen molar-refractivity contribution in [3.05, 3.63) is 52.4 Å². The number of hydroxylamine groups is 2. The van der Waals surface area contributed by atoms with Gasteiger partial charge in [-0.1, -0.05) is 17.2 Å². The van der Waals surface area contributed by atoms with Gasteiger partial charge >= 0.3 is 5.97 Å². The minimum Gasteiger partial charge on any atom is -0.329 e. The summed E-state index contributed by atoms with van der Waals surface area (Å²) >= 11 is 0.813. The zero-order valence-corrected chi connectivity index (χ0v) is 13.6. The van der Waals surface area contributed by atoms with Gasteiger partial charge in [0.2, 0.25) is 10.0 Å². The number of fused-ring (bicyclic) bond motifs is 1. The van der Waals surface area contributed by atoms with Crippen LogP contribution in [0.25, 0.3) is 0 Å². The van der Waals surface area contributed by atoms with E-state index in [9.17, 15) is 22.8 Å². The first kappa shape index (κ1) is 16.3. The van der Waals surface area contributed by atoms with Crippen LogP contribution in [0.2, 0.25) is 0 Å². The number of thiophene rings is 1. The van der Waals surface area contributed by atoms with E-state index in [1.807, 2.05) is 0 Å². The van der Waals surface area contributed by atoms with E-state index in [4.69, 9.17) is 9.98 Å². The Labute approximate surface area is 140 Å². The monoisotopic (exact) mass is 366 g/mol. The normalized spacial score (nSPS) is 14.0. The van der Waals surface area contributed by atoms with Gasteiger partial charge < -0.3 is 4.84 Å². The van der Waals surface area contributed by atoms with Gasteiger partial charge in [0.25, 0.3) is 11.8 Å². The fourth-order valence-electron chi connectivity index (χ4n) is 2.13. The molecule has 1 aromatic heterocycles. The van der Waals surface area contributed by atoms with E-state index in [0.717, 1.165) is 11.3 Å². The summed E-state index contributed by atoms with van der Waals surface area (Å²) in [6.45, 7) is 0.